The Kier molecular flexibility index (Phi) is 5.48. The number of rotatable bonds is 5. The van der Waals surface area contributed by atoms with E-state index in [0.717, 1.165) is 30.8 Å². The predicted octanol–water partition coefficient (Wildman–Crippen LogP) is 4.40. The molecule has 0 saturated heterocycles. The van der Waals surface area contributed by atoms with Crippen LogP contribution in [0.25, 0.3) is 11.4 Å². The minimum Gasteiger partial charge on any atom is -0.338 e. The summed E-state index contributed by atoms with van der Waals surface area (Å²) in [5.74, 6) is 8.17. The first kappa shape index (κ1) is 19.7. The van der Waals surface area contributed by atoms with E-state index in [4.69, 9.17) is 10.4 Å². The van der Waals surface area contributed by atoms with Crippen LogP contribution in [0, 0.1) is 0 Å². The van der Waals surface area contributed by atoms with Crippen LogP contribution in [0.1, 0.15) is 55.3 Å². The Balaban J connectivity index is 1.40. The number of halogens is 3. The smallest absolute Gasteiger partial charge is 0.338 e. The van der Waals surface area contributed by atoms with Gasteiger partial charge in [-0.25, -0.2) is 4.68 Å². The molecule has 4 rings (SSSR count). The number of hydrogen-bond donors (Lipinski definition) is 1. The summed E-state index contributed by atoms with van der Waals surface area (Å²) in [5, 5.41) is 12.8. The highest BCUT2D eigenvalue weighted by molar-refractivity contribution is 7.98. The predicted molar refractivity (Wildman–Crippen MR) is 100 cm³/mol. The molecular weight excluding hydrogens is 405 g/mol. The molecule has 2 aromatic heterocycles. The van der Waals surface area contributed by atoms with E-state index in [-0.39, 0.29) is 5.82 Å². The van der Waals surface area contributed by atoms with E-state index in [1.165, 1.54) is 47.8 Å². The highest BCUT2D eigenvalue weighted by Gasteiger charge is 2.30. The molecule has 0 unspecified atom stereocenters. The maximum Gasteiger partial charge on any atom is 0.416 e. The molecule has 1 aliphatic carbocycles. The van der Waals surface area contributed by atoms with Gasteiger partial charge in [-0.1, -0.05) is 48.3 Å². The summed E-state index contributed by atoms with van der Waals surface area (Å²) in [6.45, 7) is 0. The highest BCUT2D eigenvalue weighted by atomic mass is 32.2. The van der Waals surface area contributed by atoms with Crippen molar-refractivity contribution in [1.82, 2.24) is 25.0 Å². The van der Waals surface area contributed by atoms with Gasteiger partial charge in [-0.2, -0.15) is 18.2 Å². The van der Waals surface area contributed by atoms with Gasteiger partial charge in [0, 0.05) is 11.5 Å². The number of nitrogens with zero attached hydrogens (tertiary/aromatic N) is 5. The SMILES string of the molecule is Nn1c(SCc2nc(-c3ccc(C(F)(F)F)cc3)no2)nnc1C1CCCCC1. The number of hydrogen-bond acceptors (Lipinski definition) is 7. The van der Waals surface area contributed by atoms with Gasteiger partial charge in [-0.05, 0) is 25.0 Å². The molecule has 0 spiro atoms. The fourth-order valence-corrected chi connectivity index (χ4v) is 4.09. The van der Waals surface area contributed by atoms with Crippen molar-refractivity contribution in [2.45, 2.75) is 55.1 Å². The zero-order chi connectivity index (χ0) is 20.4. The van der Waals surface area contributed by atoms with Crippen LogP contribution in [-0.2, 0) is 11.9 Å². The zero-order valence-corrected chi connectivity index (χ0v) is 16.2. The fraction of sp³-hybridized carbons (Fsp3) is 0.444. The third-order valence-corrected chi connectivity index (χ3v) is 5.85. The maximum absolute atomic E-state index is 12.7. The van der Waals surface area contributed by atoms with Crippen LogP contribution >= 0.6 is 11.8 Å². The Morgan fingerprint density at radius 3 is 2.52 bits per heavy atom. The van der Waals surface area contributed by atoms with Gasteiger partial charge in [0.2, 0.25) is 16.9 Å². The summed E-state index contributed by atoms with van der Waals surface area (Å²) in [5.41, 5.74) is -0.281. The van der Waals surface area contributed by atoms with E-state index in [2.05, 4.69) is 20.3 Å². The molecule has 1 fully saturated rings. The average molecular weight is 424 g/mol. The minimum atomic E-state index is -4.38. The van der Waals surface area contributed by atoms with Crippen LogP contribution in [0.4, 0.5) is 13.2 Å². The lowest BCUT2D eigenvalue weighted by atomic mass is 9.89. The Labute approximate surface area is 168 Å². The normalized spacial score (nSPS) is 15.7. The molecule has 29 heavy (non-hydrogen) atoms. The summed E-state index contributed by atoms with van der Waals surface area (Å²) in [6, 6.07) is 4.61. The number of nitrogens with two attached hydrogens (primary N) is 1. The molecule has 1 aliphatic rings. The number of aromatic nitrogens is 5. The third-order valence-electron chi connectivity index (χ3n) is 4.92. The van der Waals surface area contributed by atoms with Crippen LogP contribution in [0.5, 0.6) is 0 Å². The molecular formula is C18H19F3N6OS. The first-order valence-electron chi connectivity index (χ1n) is 9.25. The van der Waals surface area contributed by atoms with E-state index in [9.17, 15) is 13.2 Å². The number of nitrogen functional groups attached to an aromatic ring is 1. The monoisotopic (exact) mass is 424 g/mol. The number of thioether (sulfide) groups is 1. The molecule has 0 bridgehead atoms. The van der Waals surface area contributed by atoms with Crippen LogP contribution in [0.15, 0.2) is 33.9 Å². The van der Waals surface area contributed by atoms with Crippen LogP contribution in [0.2, 0.25) is 0 Å². The van der Waals surface area contributed by atoms with Gasteiger partial charge < -0.3 is 10.4 Å². The molecule has 11 heteroatoms. The molecule has 0 amide bonds. The summed E-state index contributed by atoms with van der Waals surface area (Å²) in [4.78, 5) is 4.24. The minimum absolute atomic E-state index is 0.228. The van der Waals surface area contributed by atoms with Crippen molar-refractivity contribution in [1.29, 1.82) is 0 Å². The Bertz CT molecular complexity index is 963. The summed E-state index contributed by atoms with van der Waals surface area (Å²) >= 11 is 1.32. The van der Waals surface area contributed by atoms with Crippen molar-refractivity contribution in [2.24, 2.45) is 0 Å². The van der Waals surface area contributed by atoms with Crippen LogP contribution in [0.3, 0.4) is 0 Å². The van der Waals surface area contributed by atoms with Crippen molar-refractivity contribution in [3.63, 3.8) is 0 Å². The lowest BCUT2D eigenvalue weighted by Gasteiger charge is -2.20. The van der Waals surface area contributed by atoms with Crippen LogP contribution < -0.4 is 5.84 Å². The fourth-order valence-electron chi connectivity index (χ4n) is 3.39. The Morgan fingerprint density at radius 1 is 1.10 bits per heavy atom. The van der Waals surface area contributed by atoms with Gasteiger partial charge in [0.05, 0.1) is 11.3 Å². The molecule has 2 N–H and O–H groups in total. The van der Waals surface area contributed by atoms with Gasteiger partial charge in [-0.15, -0.1) is 10.2 Å². The van der Waals surface area contributed by atoms with E-state index in [0.29, 0.717) is 28.3 Å². The number of alkyl halides is 3. The van der Waals surface area contributed by atoms with Gasteiger partial charge in [0.1, 0.15) is 0 Å². The summed E-state index contributed by atoms with van der Waals surface area (Å²) < 4.78 is 44.7. The van der Waals surface area contributed by atoms with Crippen molar-refractivity contribution in [2.75, 3.05) is 5.84 Å². The second-order valence-corrected chi connectivity index (χ2v) is 7.86. The van der Waals surface area contributed by atoms with Gasteiger partial charge in [0.15, 0.2) is 5.82 Å². The number of benzene rings is 1. The molecule has 154 valence electrons. The van der Waals surface area contributed by atoms with Crippen LogP contribution in [-0.4, -0.2) is 25.0 Å². The van der Waals surface area contributed by atoms with Gasteiger partial charge in [-0.3, -0.25) is 0 Å². The van der Waals surface area contributed by atoms with E-state index >= 15 is 0 Å². The zero-order valence-electron chi connectivity index (χ0n) is 15.4. The largest absolute Gasteiger partial charge is 0.416 e. The molecule has 1 saturated carbocycles. The van der Waals surface area contributed by atoms with Crippen molar-refractivity contribution in [3.8, 4) is 11.4 Å². The topological polar surface area (TPSA) is 95.7 Å². The molecule has 0 atom stereocenters. The standard InChI is InChI=1S/C18H19F3N6OS/c19-18(20,21)13-8-6-11(7-9-13)15-23-14(28-26-15)10-29-17-25-24-16(27(17)22)12-4-2-1-3-5-12/h6-9,12H,1-5,10,22H2. The average Bonchev–Trinajstić information content (AvgIpc) is 3.33. The Hall–Kier alpha value is -2.56. The molecule has 3 aromatic rings. The van der Waals surface area contributed by atoms with E-state index in [1.807, 2.05) is 0 Å². The van der Waals surface area contributed by atoms with E-state index < -0.39 is 11.7 Å². The molecule has 7 nitrogen and oxygen atoms in total. The van der Waals surface area contributed by atoms with Crippen molar-refractivity contribution < 1.29 is 17.7 Å². The maximum atomic E-state index is 12.7. The molecule has 2 heterocycles. The quantitative estimate of drug-likeness (QED) is 0.479. The third kappa shape index (κ3) is 4.39. The molecule has 1 aromatic carbocycles. The molecule has 0 aliphatic heterocycles. The lowest BCUT2D eigenvalue weighted by Crippen LogP contribution is -2.18. The first-order valence-corrected chi connectivity index (χ1v) is 10.2. The second-order valence-electron chi connectivity index (χ2n) is 6.92. The van der Waals surface area contributed by atoms with Crippen molar-refractivity contribution >= 4 is 11.8 Å². The Morgan fingerprint density at radius 2 is 1.83 bits per heavy atom. The van der Waals surface area contributed by atoms with Gasteiger partial charge >= 0.3 is 6.18 Å². The molecule has 0 radical (unpaired) electrons. The lowest BCUT2D eigenvalue weighted by molar-refractivity contribution is -0.137. The second kappa shape index (κ2) is 8.05. The van der Waals surface area contributed by atoms with Gasteiger partial charge in [0.25, 0.3) is 0 Å². The van der Waals surface area contributed by atoms with E-state index in [1.54, 1.807) is 0 Å². The summed E-state index contributed by atoms with van der Waals surface area (Å²) in [6.07, 6.45) is 1.35. The first-order chi connectivity index (χ1) is 13.9. The van der Waals surface area contributed by atoms with Crippen molar-refractivity contribution in [3.05, 3.63) is 41.5 Å². The highest BCUT2D eigenvalue weighted by Crippen LogP contribution is 2.33. The summed E-state index contributed by atoms with van der Waals surface area (Å²) in [7, 11) is 0.